The molecule has 0 aliphatic heterocycles. The Morgan fingerprint density at radius 3 is 0.878 bits per heavy atom. The molecule has 18 aromatic carbocycles. The van der Waals surface area contributed by atoms with Crippen molar-refractivity contribution in [1.82, 2.24) is 62.6 Å². The van der Waals surface area contributed by atoms with Crippen LogP contribution in [-0.2, 0) is 0 Å². The highest BCUT2D eigenvalue weighted by Crippen LogP contribution is 2.46. The predicted molar refractivity (Wildman–Crippen MR) is 564 cm³/mol. The van der Waals surface area contributed by atoms with Gasteiger partial charge >= 0.3 is 0 Å². The van der Waals surface area contributed by atoms with E-state index < -0.39 is 0 Å². The van der Waals surface area contributed by atoms with E-state index in [0.717, 1.165) is 231 Å². The van der Waals surface area contributed by atoms with Crippen LogP contribution in [0.25, 0.3) is 287 Å². The van der Waals surface area contributed by atoms with E-state index in [1.165, 1.54) is 32.6 Å². The molecule has 0 amide bonds. The molecule has 0 spiro atoms. The van der Waals surface area contributed by atoms with Crippen LogP contribution in [0.15, 0.2) is 444 Å². The number of aromatic nitrogens is 13. The van der Waals surface area contributed by atoms with Gasteiger partial charge in [-0.15, -0.1) is 0 Å². The first-order valence-electron chi connectivity index (χ1n) is 46.4. The van der Waals surface area contributed by atoms with Crippen molar-refractivity contribution < 1.29 is 13.3 Å². The van der Waals surface area contributed by atoms with E-state index in [9.17, 15) is 0 Å². The van der Waals surface area contributed by atoms with Gasteiger partial charge in [-0.1, -0.05) is 322 Å². The Morgan fingerprint density at radius 1 is 0.180 bits per heavy atom. The van der Waals surface area contributed by atoms with E-state index in [4.69, 9.17) is 58.1 Å². The predicted octanol–water partition coefficient (Wildman–Crippen LogP) is 31.2. The SMILES string of the molecule is c1ccc(-c2cc(-c3ccccc3)nc(-c3ccc4c(c3)c3ccccc3c3nc5cc6c(cn5c43)oc3ccccc36)n2)cc1.c1ccc(-c2nc(-c3ccccc3)nc(-c3ccc4c(c3)c3ccccc3c3nc5cc6c(cn5c43)oc3ccccc36)n2)cc1.c1ccc2c(c1)oc1cn3c(cc12)nc1c2ccccc2c2cc(-c4cc(-n5c6ccccc6c6ccccc65)ccn4)ccc2c13. The van der Waals surface area contributed by atoms with Gasteiger partial charge in [-0.3, -0.25) is 18.2 Å². The van der Waals surface area contributed by atoms with E-state index in [1.54, 1.807) is 0 Å². The molecule has 139 heavy (non-hydrogen) atoms. The molecule has 31 rings (SSSR count). The lowest BCUT2D eigenvalue weighted by atomic mass is 9.97. The number of hydrogen-bond acceptors (Lipinski definition) is 12. The number of imidazole rings is 3. The maximum atomic E-state index is 6.29. The average molecular weight is 1780 g/mol. The van der Waals surface area contributed by atoms with Crippen molar-refractivity contribution in [3.05, 3.63) is 431 Å². The smallest absolute Gasteiger partial charge is 0.164 e. The zero-order valence-corrected chi connectivity index (χ0v) is 74.0. The zero-order chi connectivity index (χ0) is 91.0. The third kappa shape index (κ3) is 12.4. The summed E-state index contributed by atoms with van der Waals surface area (Å²) < 4.78 is 27.7. The van der Waals surface area contributed by atoms with Crippen LogP contribution in [0.5, 0.6) is 0 Å². The normalized spacial score (nSPS) is 12.0. The van der Waals surface area contributed by atoms with Crippen molar-refractivity contribution in [2.75, 3.05) is 0 Å². The minimum Gasteiger partial charge on any atom is -0.455 e. The largest absolute Gasteiger partial charge is 0.455 e. The molecule has 31 aromatic rings. The molecule has 0 aliphatic carbocycles. The van der Waals surface area contributed by atoms with Gasteiger partial charge in [0.1, 0.15) is 33.7 Å². The van der Waals surface area contributed by atoms with Gasteiger partial charge in [0.25, 0.3) is 0 Å². The molecule has 0 fully saturated rings. The molecule has 16 heteroatoms. The van der Waals surface area contributed by atoms with Crippen molar-refractivity contribution in [3.63, 3.8) is 0 Å². The van der Waals surface area contributed by atoms with Crippen LogP contribution in [0.2, 0.25) is 0 Å². The minimum absolute atomic E-state index is 0.626. The third-order valence-corrected chi connectivity index (χ3v) is 27.6. The van der Waals surface area contributed by atoms with E-state index in [1.807, 2.05) is 152 Å². The summed E-state index contributed by atoms with van der Waals surface area (Å²) in [5.41, 5.74) is 27.0. The molecule has 0 saturated carbocycles. The third-order valence-electron chi connectivity index (χ3n) is 27.6. The van der Waals surface area contributed by atoms with Gasteiger partial charge in [-0.2, -0.15) is 0 Å². The fraction of sp³-hybridized carbons (Fsp3) is 0. The summed E-state index contributed by atoms with van der Waals surface area (Å²) in [6.07, 6.45) is 8.18. The highest BCUT2D eigenvalue weighted by molar-refractivity contribution is 6.28. The van der Waals surface area contributed by atoms with E-state index in [-0.39, 0.29) is 0 Å². The number of nitrogens with zero attached hydrogens (tertiary/aromatic N) is 13. The molecule has 0 unspecified atom stereocenters. The first-order valence-corrected chi connectivity index (χ1v) is 46.4. The van der Waals surface area contributed by atoms with Gasteiger partial charge in [0, 0.05) is 126 Å². The first kappa shape index (κ1) is 77.4. The van der Waals surface area contributed by atoms with Crippen LogP contribution in [0, 0.1) is 0 Å². The van der Waals surface area contributed by atoms with Crippen LogP contribution in [0.4, 0.5) is 0 Å². The minimum atomic E-state index is 0.626. The molecule has 0 radical (unpaired) electrons. The van der Waals surface area contributed by atoms with Gasteiger partial charge < -0.3 is 17.8 Å². The second-order valence-corrected chi connectivity index (χ2v) is 35.5. The Balaban J connectivity index is 0.000000100. The zero-order valence-electron chi connectivity index (χ0n) is 74.0. The van der Waals surface area contributed by atoms with Crippen LogP contribution < -0.4 is 0 Å². The molecule has 0 aliphatic rings. The number of furan rings is 3. The topological polar surface area (TPSA) is 174 Å². The molecular formula is C123H71N13O3. The molecular weight excluding hydrogens is 1710 g/mol. The van der Waals surface area contributed by atoms with Crippen LogP contribution >= 0.6 is 0 Å². The molecule has 0 atom stereocenters. The Kier molecular flexibility index (Phi) is 17.1. The second-order valence-electron chi connectivity index (χ2n) is 35.5. The summed E-state index contributed by atoms with van der Waals surface area (Å²) >= 11 is 0. The summed E-state index contributed by atoms with van der Waals surface area (Å²) in [6.45, 7) is 0. The molecule has 0 bridgehead atoms. The molecule has 0 N–H and O–H groups in total. The van der Waals surface area contributed by atoms with Crippen molar-refractivity contribution >= 4 is 202 Å². The van der Waals surface area contributed by atoms with Crippen molar-refractivity contribution in [3.8, 4) is 85.0 Å². The first-order chi connectivity index (χ1) is 68.9. The molecule has 16 nitrogen and oxygen atoms in total. The molecule has 13 aromatic heterocycles. The Bertz CT molecular complexity index is 10000. The Hall–Kier alpha value is -19.2. The highest BCUT2D eigenvalue weighted by atomic mass is 16.3. The van der Waals surface area contributed by atoms with E-state index in [2.05, 4.69) is 297 Å². The lowest BCUT2D eigenvalue weighted by molar-refractivity contribution is 0.666. The monoisotopic (exact) mass is 1780 g/mol. The maximum absolute atomic E-state index is 6.29. The number of hydrogen-bond donors (Lipinski definition) is 0. The summed E-state index contributed by atoms with van der Waals surface area (Å²) in [7, 11) is 0. The van der Waals surface area contributed by atoms with Gasteiger partial charge in [0.05, 0.1) is 79.8 Å². The quantitative estimate of drug-likeness (QED) is 0.132. The van der Waals surface area contributed by atoms with E-state index in [0.29, 0.717) is 23.3 Å². The maximum Gasteiger partial charge on any atom is 0.164 e. The number of pyridine rings is 4. The van der Waals surface area contributed by atoms with Gasteiger partial charge in [-0.25, -0.2) is 39.9 Å². The number of benzene rings is 18. The van der Waals surface area contributed by atoms with Crippen LogP contribution in [0.1, 0.15) is 0 Å². The number of rotatable bonds is 8. The van der Waals surface area contributed by atoms with Crippen molar-refractivity contribution in [1.29, 1.82) is 0 Å². The Morgan fingerprint density at radius 2 is 0.489 bits per heavy atom. The fourth-order valence-electron chi connectivity index (χ4n) is 21.2. The summed E-state index contributed by atoms with van der Waals surface area (Å²) in [5, 5.41) is 22.5. The summed E-state index contributed by atoms with van der Waals surface area (Å²) in [5.74, 6) is 2.59. The molecule has 646 valence electrons. The van der Waals surface area contributed by atoms with Crippen molar-refractivity contribution in [2.45, 2.75) is 0 Å². The number of fused-ring (bicyclic) bond motifs is 36. The van der Waals surface area contributed by atoms with Crippen molar-refractivity contribution in [2.24, 2.45) is 0 Å². The molecule has 0 saturated heterocycles. The summed E-state index contributed by atoms with van der Waals surface area (Å²) in [4.78, 5) is 45.5. The van der Waals surface area contributed by atoms with Gasteiger partial charge in [0.15, 0.2) is 40.0 Å². The van der Waals surface area contributed by atoms with E-state index >= 15 is 0 Å². The fourth-order valence-corrected chi connectivity index (χ4v) is 21.2. The highest BCUT2D eigenvalue weighted by Gasteiger charge is 2.26. The van der Waals surface area contributed by atoms with Crippen LogP contribution in [0.3, 0.4) is 0 Å². The molecule has 13 heterocycles. The Labute approximate surface area is 789 Å². The summed E-state index contributed by atoms with van der Waals surface area (Å²) in [6, 6.07) is 141. The standard InChI is InChI=1S/C42H24N4O.C41H24N4O.C40H23N5O/c1-2-13-31-27(9-1)33-21-25(35-22-26(19-20-43-35)46-36-14-6-3-10-28(36)29-11-4-7-15-37(29)46)17-18-32(33)42-41(31)44-40-23-34-30-12-5-8-16-38(30)47-39(34)24-45(40)42;1-3-11-25(12-4-1)34-23-35(26-13-5-2-6-14-26)43-41(42-34)27-19-20-31-32(21-27)28-15-7-8-17-30(28)39-40(31)45-24-37-33(22-38(45)44-39)29-16-9-10-18-36(29)46-37;1-3-11-24(12-4-1)38-42-39(25-13-5-2-6-14-25)44-40(43-38)26-19-20-30-31(21-26)27-15-7-8-17-29(27)36-37(30)45-23-34-32(22-35(45)41-36)28-16-9-10-18-33(28)46-34/h1-24H;1-24H;1-23H. The lowest BCUT2D eigenvalue weighted by Crippen LogP contribution is -2.00. The van der Waals surface area contributed by atoms with Gasteiger partial charge in [0.2, 0.25) is 0 Å². The number of para-hydroxylation sites is 5. The lowest BCUT2D eigenvalue weighted by Gasteiger charge is -2.12. The second kappa shape index (κ2) is 30.7. The van der Waals surface area contributed by atoms with Crippen LogP contribution in [-0.4, -0.2) is 62.6 Å². The van der Waals surface area contributed by atoms with Gasteiger partial charge in [-0.05, 0) is 117 Å². The average Bonchev–Trinajstić information content (AvgIpc) is 1.58.